The van der Waals surface area contributed by atoms with Crippen LogP contribution < -0.4 is 9.47 Å². The largest absolute Gasteiger partial charge is 0.497 e. The molecule has 4 unspecified atom stereocenters. The predicted molar refractivity (Wildman–Crippen MR) is 127 cm³/mol. The molecule has 3 fully saturated rings. The van der Waals surface area contributed by atoms with E-state index in [1.165, 1.54) is 12.8 Å². The van der Waals surface area contributed by atoms with Crippen LogP contribution in [0, 0.1) is 11.8 Å². The van der Waals surface area contributed by atoms with Gasteiger partial charge in [-0.05, 0) is 85.3 Å². The van der Waals surface area contributed by atoms with Gasteiger partial charge < -0.3 is 14.6 Å². The summed E-state index contributed by atoms with van der Waals surface area (Å²) in [7, 11) is 3.34. The van der Waals surface area contributed by atoms with Gasteiger partial charge in [-0.3, -0.25) is 4.90 Å². The van der Waals surface area contributed by atoms with E-state index in [0.717, 1.165) is 64.7 Å². The number of aliphatic hydroxyl groups is 1. The Labute approximate surface area is 190 Å². The molecule has 5 heteroatoms. The number of hydrogen-bond donors (Lipinski definition) is 1. The van der Waals surface area contributed by atoms with Crippen molar-refractivity contribution in [3.63, 3.8) is 0 Å². The van der Waals surface area contributed by atoms with Crippen molar-refractivity contribution in [2.24, 2.45) is 11.8 Å². The Morgan fingerprint density at radius 3 is 2.47 bits per heavy atom. The Bertz CT molecular complexity index is 1100. The first-order valence-electron chi connectivity index (χ1n) is 11.7. The number of fused-ring (bicyclic) bond motifs is 4. The number of nitrogens with zero attached hydrogens (tertiary/aromatic N) is 2. The van der Waals surface area contributed by atoms with Gasteiger partial charge in [-0.25, -0.2) is 4.98 Å². The maximum atomic E-state index is 11.7. The van der Waals surface area contributed by atoms with Crippen molar-refractivity contribution in [3.8, 4) is 22.8 Å². The molecule has 3 saturated heterocycles. The summed E-state index contributed by atoms with van der Waals surface area (Å²) in [5.41, 5.74) is 3.68. The molecule has 168 valence electrons. The molecule has 32 heavy (non-hydrogen) atoms. The van der Waals surface area contributed by atoms with Crippen LogP contribution in [0.1, 0.15) is 37.9 Å². The molecule has 1 aromatic heterocycles. The van der Waals surface area contributed by atoms with Crippen LogP contribution in [0.5, 0.6) is 11.5 Å². The summed E-state index contributed by atoms with van der Waals surface area (Å²) in [6.07, 6.45) is 2.97. The molecule has 5 atom stereocenters. The fraction of sp³-hybridized carbons (Fsp3) is 0.444. The van der Waals surface area contributed by atoms with E-state index in [9.17, 15) is 5.11 Å². The predicted octanol–water partition coefficient (Wildman–Crippen LogP) is 5.07. The second-order valence-corrected chi connectivity index (χ2v) is 9.17. The van der Waals surface area contributed by atoms with Gasteiger partial charge in [0.2, 0.25) is 0 Å². The molecule has 1 N–H and O–H groups in total. The van der Waals surface area contributed by atoms with E-state index in [1.54, 1.807) is 14.2 Å². The van der Waals surface area contributed by atoms with Crippen LogP contribution in [-0.4, -0.2) is 48.3 Å². The number of hydrogen-bond acceptors (Lipinski definition) is 5. The number of ether oxygens (including phenoxy) is 2. The van der Waals surface area contributed by atoms with Gasteiger partial charge in [-0.2, -0.15) is 0 Å². The lowest BCUT2D eigenvalue weighted by atomic mass is 9.72. The van der Waals surface area contributed by atoms with E-state index >= 15 is 0 Å². The molecule has 0 radical (unpaired) electrons. The Morgan fingerprint density at radius 1 is 1.06 bits per heavy atom. The van der Waals surface area contributed by atoms with Crippen LogP contribution in [0.4, 0.5) is 0 Å². The van der Waals surface area contributed by atoms with Crippen molar-refractivity contribution in [2.45, 2.75) is 38.3 Å². The molecular weight excluding hydrogens is 400 g/mol. The Morgan fingerprint density at radius 2 is 1.81 bits per heavy atom. The maximum Gasteiger partial charge on any atom is 0.119 e. The number of pyridine rings is 1. The van der Waals surface area contributed by atoms with E-state index in [0.29, 0.717) is 5.92 Å². The van der Waals surface area contributed by atoms with Gasteiger partial charge >= 0.3 is 0 Å². The van der Waals surface area contributed by atoms with Crippen molar-refractivity contribution in [1.82, 2.24) is 9.88 Å². The Kier molecular flexibility index (Phi) is 5.78. The highest BCUT2D eigenvalue weighted by atomic mass is 16.5. The van der Waals surface area contributed by atoms with Crippen LogP contribution in [0.3, 0.4) is 0 Å². The van der Waals surface area contributed by atoms with Gasteiger partial charge in [0.15, 0.2) is 0 Å². The Balaban J connectivity index is 1.58. The fourth-order valence-corrected chi connectivity index (χ4v) is 5.69. The molecule has 3 aliphatic heterocycles. The van der Waals surface area contributed by atoms with Crippen LogP contribution in [-0.2, 0) is 0 Å². The molecule has 0 spiro atoms. The molecule has 3 aromatic rings. The van der Waals surface area contributed by atoms with Crippen molar-refractivity contribution >= 4 is 10.9 Å². The molecule has 3 aliphatic rings. The summed E-state index contributed by atoms with van der Waals surface area (Å²) >= 11 is 0. The Hall–Kier alpha value is -2.63. The molecule has 0 aliphatic carbocycles. The van der Waals surface area contributed by atoms with Gasteiger partial charge in [-0.1, -0.05) is 13.3 Å². The molecule has 6 rings (SSSR count). The first-order valence-corrected chi connectivity index (χ1v) is 11.7. The van der Waals surface area contributed by atoms with Crippen molar-refractivity contribution in [2.75, 3.05) is 27.3 Å². The number of rotatable bonds is 6. The molecule has 4 heterocycles. The summed E-state index contributed by atoms with van der Waals surface area (Å²) in [4.78, 5) is 7.43. The second-order valence-electron chi connectivity index (χ2n) is 9.17. The molecule has 0 amide bonds. The van der Waals surface area contributed by atoms with Crippen molar-refractivity contribution in [1.29, 1.82) is 0 Å². The van der Waals surface area contributed by atoms with E-state index in [4.69, 9.17) is 14.5 Å². The lowest BCUT2D eigenvalue weighted by Gasteiger charge is -2.51. The number of piperidine rings is 3. The average molecular weight is 433 g/mol. The first-order chi connectivity index (χ1) is 15.6. The average Bonchev–Trinajstić information content (AvgIpc) is 2.87. The summed E-state index contributed by atoms with van der Waals surface area (Å²) in [5, 5.41) is 12.7. The summed E-state index contributed by atoms with van der Waals surface area (Å²) in [6.45, 7) is 4.48. The third-order valence-corrected chi connectivity index (χ3v) is 7.58. The number of aromatic nitrogens is 1. The summed E-state index contributed by atoms with van der Waals surface area (Å²) in [5.74, 6) is 3.07. The van der Waals surface area contributed by atoms with Gasteiger partial charge in [0.05, 0.1) is 31.5 Å². The molecule has 0 saturated carbocycles. The topological polar surface area (TPSA) is 54.8 Å². The third kappa shape index (κ3) is 3.74. The standard InChI is InChI=1S/C27H32N2O3/c1-4-17-16-29-12-11-19(17)13-26(29)27(30)23-15-25(18-5-7-20(31-2)8-6-18)28-24-10-9-21(32-3)14-22(23)24/h5-10,14-15,17,19,26-27,30H,4,11-13,16H2,1-3H3/t17?,19?,26?,27-/m1/s1. The number of benzene rings is 2. The number of aliphatic hydroxyl groups excluding tert-OH is 1. The van der Waals surface area contributed by atoms with Crippen LogP contribution in [0.15, 0.2) is 48.5 Å². The lowest BCUT2D eigenvalue weighted by Crippen LogP contribution is -2.55. The second kappa shape index (κ2) is 8.72. The zero-order valence-electron chi connectivity index (χ0n) is 19.1. The molecular formula is C27H32N2O3. The fourth-order valence-electron chi connectivity index (χ4n) is 5.69. The van der Waals surface area contributed by atoms with Crippen LogP contribution in [0.2, 0.25) is 0 Å². The molecule has 2 aromatic carbocycles. The zero-order valence-corrected chi connectivity index (χ0v) is 19.1. The highest BCUT2D eigenvalue weighted by Crippen LogP contribution is 2.43. The zero-order chi connectivity index (χ0) is 22.2. The molecule has 2 bridgehead atoms. The smallest absolute Gasteiger partial charge is 0.119 e. The summed E-state index contributed by atoms with van der Waals surface area (Å²) in [6, 6.07) is 16.1. The van der Waals surface area contributed by atoms with Gasteiger partial charge in [0, 0.05) is 23.5 Å². The van der Waals surface area contributed by atoms with Gasteiger partial charge in [-0.15, -0.1) is 0 Å². The quantitative estimate of drug-likeness (QED) is 0.589. The van der Waals surface area contributed by atoms with E-state index in [1.807, 2.05) is 42.5 Å². The minimum Gasteiger partial charge on any atom is -0.497 e. The summed E-state index contributed by atoms with van der Waals surface area (Å²) < 4.78 is 10.8. The first kappa shape index (κ1) is 21.2. The van der Waals surface area contributed by atoms with Crippen molar-refractivity contribution < 1.29 is 14.6 Å². The third-order valence-electron chi connectivity index (χ3n) is 7.58. The maximum absolute atomic E-state index is 11.7. The van der Waals surface area contributed by atoms with Crippen LogP contribution in [0.25, 0.3) is 22.2 Å². The molecule has 5 nitrogen and oxygen atoms in total. The minimum atomic E-state index is -0.565. The van der Waals surface area contributed by atoms with Gasteiger partial charge in [0.25, 0.3) is 0 Å². The van der Waals surface area contributed by atoms with Gasteiger partial charge in [0.1, 0.15) is 11.5 Å². The highest BCUT2D eigenvalue weighted by molar-refractivity contribution is 5.87. The van der Waals surface area contributed by atoms with Crippen LogP contribution >= 0.6 is 0 Å². The lowest BCUT2D eigenvalue weighted by molar-refractivity contribution is -0.0562. The SMILES string of the molecule is CCC1CN2CCC1CC2[C@H](O)c1cc(-c2ccc(OC)cc2)nc2ccc(OC)cc12. The highest BCUT2D eigenvalue weighted by Gasteiger charge is 2.42. The van der Waals surface area contributed by atoms with E-state index in [-0.39, 0.29) is 6.04 Å². The van der Waals surface area contributed by atoms with E-state index < -0.39 is 6.10 Å². The number of methoxy groups -OCH3 is 2. The normalized spacial score (nSPS) is 25.6. The van der Waals surface area contributed by atoms with E-state index in [2.05, 4.69) is 17.9 Å². The minimum absolute atomic E-state index is 0.150. The van der Waals surface area contributed by atoms with Crippen molar-refractivity contribution in [3.05, 3.63) is 54.1 Å². The monoisotopic (exact) mass is 432 g/mol.